The van der Waals surface area contributed by atoms with E-state index in [1.165, 1.54) is 18.2 Å². The number of hydrogen-bond acceptors (Lipinski definition) is 5. The minimum absolute atomic E-state index is 0.208. The molecule has 1 aliphatic rings. The van der Waals surface area contributed by atoms with Crippen LogP contribution in [0.4, 0.5) is 13.2 Å². The number of alkyl halides is 3. The van der Waals surface area contributed by atoms with Crippen molar-refractivity contribution in [3.05, 3.63) is 58.9 Å². The van der Waals surface area contributed by atoms with Crippen LogP contribution in [-0.4, -0.2) is 23.1 Å². The zero-order valence-corrected chi connectivity index (χ0v) is 12.2. The van der Waals surface area contributed by atoms with Gasteiger partial charge in [-0.1, -0.05) is 12.1 Å². The van der Waals surface area contributed by atoms with Crippen LogP contribution < -0.4 is 5.46 Å². The van der Waals surface area contributed by atoms with Crippen molar-refractivity contribution in [1.29, 1.82) is 0 Å². The van der Waals surface area contributed by atoms with Gasteiger partial charge in [0.2, 0.25) is 0 Å². The van der Waals surface area contributed by atoms with Crippen LogP contribution in [0, 0.1) is 0 Å². The number of halogens is 3. The summed E-state index contributed by atoms with van der Waals surface area (Å²) < 4.78 is 47.3. The van der Waals surface area contributed by atoms with Crippen molar-refractivity contribution in [3.8, 4) is 0 Å². The molecule has 2 aromatic rings. The predicted octanol–water partition coefficient (Wildman–Crippen LogP) is 1.68. The number of carbonyl (C=O) groups is 1. The maximum atomic E-state index is 12.4. The Hall–Kier alpha value is -2.39. The highest BCUT2D eigenvalue weighted by molar-refractivity contribution is 6.61. The largest absolute Gasteiger partial charge is 0.491 e. The van der Waals surface area contributed by atoms with E-state index >= 15 is 0 Å². The molecule has 0 atom stereocenters. The third-order valence-electron chi connectivity index (χ3n) is 3.53. The standard InChI is InChI=1S/C15H11BF3NO4/c17-15(18,19)13-4-1-9(6-20-13)7-23-14(21)10-2-3-11-8-24-16(22)12(11)5-10/h1-6,22H,7-8H2. The first-order valence-corrected chi connectivity index (χ1v) is 6.96. The summed E-state index contributed by atoms with van der Waals surface area (Å²) in [5, 5.41) is 9.61. The number of esters is 1. The van der Waals surface area contributed by atoms with E-state index in [9.17, 15) is 23.0 Å². The van der Waals surface area contributed by atoms with Crippen LogP contribution in [0.15, 0.2) is 36.5 Å². The van der Waals surface area contributed by atoms with Crippen molar-refractivity contribution in [3.63, 3.8) is 0 Å². The van der Waals surface area contributed by atoms with E-state index in [0.29, 0.717) is 11.0 Å². The average molecular weight is 337 g/mol. The van der Waals surface area contributed by atoms with Crippen LogP contribution in [0.25, 0.3) is 0 Å². The Morgan fingerprint density at radius 1 is 1.33 bits per heavy atom. The maximum Gasteiger partial charge on any atom is 0.491 e. The van der Waals surface area contributed by atoms with Gasteiger partial charge in [0.25, 0.3) is 0 Å². The lowest BCUT2D eigenvalue weighted by Crippen LogP contribution is -2.28. The topological polar surface area (TPSA) is 68.7 Å². The molecule has 1 aliphatic heterocycles. The molecule has 24 heavy (non-hydrogen) atoms. The molecular weight excluding hydrogens is 326 g/mol. The molecule has 2 heterocycles. The predicted molar refractivity (Wildman–Crippen MR) is 77.2 cm³/mol. The fraction of sp³-hybridized carbons (Fsp3) is 0.200. The van der Waals surface area contributed by atoms with Crippen LogP contribution >= 0.6 is 0 Å². The molecule has 1 N–H and O–H groups in total. The van der Waals surface area contributed by atoms with Crippen molar-refractivity contribution in [1.82, 2.24) is 4.98 Å². The normalized spacial score (nSPS) is 13.8. The summed E-state index contributed by atoms with van der Waals surface area (Å²) in [7, 11) is -1.08. The Labute approximate surface area is 135 Å². The van der Waals surface area contributed by atoms with E-state index in [0.717, 1.165) is 17.8 Å². The molecular formula is C15H11BF3NO4. The second kappa shape index (κ2) is 6.25. The third kappa shape index (κ3) is 3.41. The zero-order valence-electron chi connectivity index (χ0n) is 12.2. The molecule has 5 nitrogen and oxygen atoms in total. The van der Waals surface area contributed by atoms with Gasteiger partial charge in [-0.2, -0.15) is 13.2 Å². The Bertz CT molecular complexity index is 764. The summed E-state index contributed by atoms with van der Waals surface area (Å²) in [6.07, 6.45) is -3.50. The molecule has 0 radical (unpaired) electrons. The lowest BCUT2D eigenvalue weighted by atomic mass is 9.79. The van der Waals surface area contributed by atoms with Gasteiger partial charge >= 0.3 is 19.3 Å². The van der Waals surface area contributed by atoms with Crippen molar-refractivity contribution in [2.75, 3.05) is 0 Å². The molecule has 9 heteroatoms. The molecule has 0 saturated carbocycles. The number of aromatic nitrogens is 1. The Morgan fingerprint density at radius 2 is 2.12 bits per heavy atom. The molecule has 0 spiro atoms. The zero-order chi connectivity index (χ0) is 17.3. The van der Waals surface area contributed by atoms with E-state index in [2.05, 4.69) is 4.98 Å². The highest BCUT2D eigenvalue weighted by atomic mass is 19.4. The Morgan fingerprint density at radius 3 is 2.79 bits per heavy atom. The highest BCUT2D eigenvalue weighted by Crippen LogP contribution is 2.27. The minimum atomic E-state index is -4.51. The lowest BCUT2D eigenvalue weighted by molar-refractivity contribution is -0.141. The van der Waals surface area contributed by atoms with Crippen molar-refractivity contribution in [2.24, 2.45) is 0 Å². The van der Waals surface area contributed by atoms with Crippen LogP contribution in [-0.2, 0) is 28.8 Å². The molecule has 3 rings (SSSR count). The maximum absolute atomic E-state index is 12.4. The number of rotatable bonds is 3. The number of ether oxygens (including phenoxy) is 1. The summed E-state index contributed by atoms with van der Waals surface area (Å²) in [4.78, 5) is 15.3. The van der Waals surface area contributed by atoms with Gasteiger partial charge < -0.3 is 14.4 Å². The second-order valence-electron chi connectivity index (χ2n) is 5.20. The lowest BCUT2D eigenvalue weighted by Gasteiger charge is -2.08. The molecule has 1 aromatic carbocycles. The van der Waals surface area contributed by atoms with E-state index in [1.807, 2.05) is 0 Å². The molecule has 0 bridgehead atoms. The van der Waals surface area contributed by atoms with Gasteiger partial charge in [0.15, 0.2) is 0 Å². The van der Waals surface area contributed by atoms with Crippen molar-refractivity contribution < 1.29 is 32.4 Å². The first-order valence-electron chi connectivity index (χ1n) is 6.96. The number of hydrogen-bond donors (Lipinski definition) is 1. The first kappa shape index (κ1) is 16.5. The van der Waals surface area contributed by atoms with E-state index in [4.69, 9.17) is 9.39 Å². The Balaban J connectivity index is 1.65. The Kier molecular flexibility index (Phi) is 4.29. The summed E-state index contributed by atoms with van der Waals surface area (Å²) in [5.41, 5.74) is 0.830. The number of fused-ring (bicyclic) bond motifs is 1. The minimum Gasteiger partial charge on any atom is -0.457 e. The van der Waals surface area contributed by atoms with Crippen LogP contribution in [0.1, 0.15) is 27.2 Å². The monoisotopic (exact) mass is 337 g/mol. The quantitative estimate of drug-likeness (QED) is 0.682. The third-order valence-corrected chi connectivity index (χ3v) is 3.53. The molecule has 0 unspecified atom stereocenters. The number of nitrogens with zero attached hydrogens (tertiary/aromatic N) is 1. The van der Waals surface area contributed by atoms with Crippen molar-refractivity contribution >= 4 is 18.6 Å². The van der Waals surface area contributed by atoms with E-state index in [1.54, 1.807) is 6.07 Å². The van der Waals surface area contributed by atoms with Gasteiger partial charge in [-0.25, -0.2) is 4.79 Å². The summed E-state index contributed by atoms with van der Waals surface area (Å²) in [5.74, 6) is -0.656. The molecule has 0 fully saturated rings. The fourth-order valence-corrected chi connectivity index (χ4v) is 2.25. The van der Waals surface area contributed by atoms with Crippen molar-refractivity contribution in [2.45, 2.75) is 19.4 Å². The molecule has 1 aromatic heterocycles. The van der Waals surface area contributed by atoms with Gasteiger partial charge in [0.05, 0.1) is 12.2 Å². The van der Waals surface area contributed by atoms with Gasteiger partial charge in [0, 0.05) is 11.8 Å². The highest BCUT2D eigenvalue weighted by Gasteiger charge is 2.32. The molecule has 0 saturated heterocycles. The van der Waals surface area contributed by atoms with Gasteiger partial charge in [-0.3, -0.25) is 4.98 Å². The molecule has 124 valence electrons. The smallest absolute Gasteiger partial charge is 0.457 e. The first-order chi connectivity index (χ1) is 11.3. The van der Waals surface area contributed by atoms with Crippen LogP contribution in [0.5, 0.6) is 0 Å². The van der Waals surface area contributed by atoms with Crippen LogP contribution in [0.2, 0.25) is 0 Å². The van der Waals surface area contributed by atoms with E-state index < -0.39 is 25.0 Å². The summed E-state index contributed by atoms with van der Waals surface area (Å²) in [6, 6.07) is 6.69. The summed E-state index contributed by atoms with van der Waals surface area (Å²) >= 11 is 0. The second-order valence-corrected chi connectivity index (χ2v) is 5.20. The van der Waals surface area contributed by atoms with E-state index in [-0.39, 0.29) is 18.8 Å². The van der Waals surface area contributed by atoms with Crippen LogP contribution in [0.3, 0.4) is 0 Å². The average Bonchev–Trinajstić information content (AvgIpc) is 2.93. The molecule has 0 aliphatic carbocycles. The molecule has 0 amide bonds. The van der Waals surface area contributed by atoms with Gasteiger partial charge in [-0.15, -0.1) is 0 Å². The van der Waals surface area contributed by atoms with Gasteiger partial charge in [0.1, 0.15) is 12.3 Å². The SMILES string of the molecule is O=C(OCc1ccc(C(F)(F)F)nc1)c1ccc2c(c1)B(O)OC2. The number of benzene rings is 1. The fourth-order valence-electron chi connectivity index (χ4n) is 2.25. The number of carbonyl (C=O) groups excluding carboxylic acids is 1. The summed E-state index contributed by atoms with van der Waals surface area (Å²) in [6.45, 7) is 0.0587. The number of pyridine rings is 1. The van der Waals surface area contributed by atoms with Gasteiger partial charge in [-0.05, 0) is 29.2 Å².